The molecule has 0 spiro atoms. The molecule has 6 heteroatoms. The minimum absolute atomic E-state index is 0.0151. The minimum Gasteiger partial charge on any atom is -0.481 e. The van der Waals surface area contributed by atoms with E-state index in [1.54, 1.807) is 6.92 Å². The summed E-state index contributed by atoms with van der Waals surface area (Å²) in [5.74, 6) is -2.46. The van der Waals surface area contributed by atoms with Gasteiger partial charge >= 0.3 is 5.97 Å². The predicted molar refractivity (Wildman–Crippen MR) is 62.6 cm³/mol. The first-order chi connectivity index (χ1) is 8.50. The zero-order valence-electron chi connectivity index (χ0n) is 10.0. The Labute approximate surface area is 104 Å². The van der Waals surface area contributed by atoms with Gasteiger partial charge in [-0.25, -0.2) is 4.98 Å². The molecule has 5 nitrogen and oxygen atoms in total. The topological polar surface area (TPSA) is 79.3 Å². The third-order valence-electron chi connectivity index (χ3n) is 2.47. The molecule has 1 aromatic rings. The van der Waals surface area contributed by atoms with Gasteiger partial charge in [-0.15, -0.1) is 0 Å². The molecule has 18 heavy (non-hydrogen) atoms. The van der Waals surface area contributed by atoms with Crippen LogP contribution in [-0.2, 0) is 4.79 Å². The minimum atomic E-state index is -0.854. The van der Waals surface area contributed by atoms with Crippen LogP contribution in [-0.4, -0.2) is 28.5 Å². The first-order valence-corrected chi connectivity index (χ1v) is 5.64. The number of pyridine rings is 1. The van der Waals surface area contributed by atoms with Crippen molar-refractivity contribution in [3.8, 4) is 0 Å². The first kappa shape index (κ1) is 14.1. The fourth-order valence-electron chi connectivity index (χ4n) is 1.36. The van der Waals surface area contributed by atoms with Crippen LogP contribution < -0.4 is 5.32 Å². The second kappa shape index (κ2) is 6.68. The molecule has 1 atom stereocenters. The van der Waals surface area contributed by atoms with Gasteiger partial charge in [0.2, 0.25) is 5.95 Å². The largest absolute Gasteiger partial charge is 0.481 e. The van der Waals surface area contributed by atoms with Crippen LogP contribution in [0.3, 0.4) is 0 Å². The number of rotatable bonds is 6. The molecule has 0 aromatic carbocycles. The average Bonchev–Trinajstić information content (AvgIpc) is 2.33. The second-order valence-corrected chi connectivity index (χ2v) is 3.98. The zero-order valence-corrected chi connectivity index (χ0v) is 10.0. The number of carboxylic acids is 1. The smallest absolute Gasteiger partial charge is 0.306 e. The molecule has 1 heterocycles. The third kappa shape index (κ3) is 4.48. The van der Waals surface area contributed by atoms with Crippen molar-refractivity contribution >= 4 is 11.9 Å². The van der Waals surface area contributed by atoms with E-state index in [1.807, 2.05) is 0 Å². The molecular formula is C12H15FN2O3. The molecule has 0 aliphatic carbocycles. The van der Waals surface area contributed by atoms with Crippen molar-refractivity contribution in [2.24, 2.45) is 5.92 Å². The lowest BCUT2D eigenvalue weighted by Crippen LogP contribution is -2.26. The Hall–Kier alpha value is -1.98. The summed E-state index contributed by atoms with van der Waals surface area (Å²) >= 11 is 0. The number of carbonyl (C=O) groups excluding carboxylic acids is 1. The van der Waals surface area contributed by atoms with Crippen LogP contribution in [0.1, 0.15) is 30.3 Å². The lowest BCUT2D eigenvalue weighted by atomic mass is 10.1. The normalized spacial score (nSPS) is 11.9. The van der Waals surface area contributed by atoms with Gasteiger partial charge in [-0.3, -0.25) is 9.59 Å². The molecule has 1 aromatic heterocycles. The lowest BCUT2D eigenvalue weighted by molar-refractivity contribution is -0.141. The molecule has 0 fully saturated rings. The molecule has 0 saturated carbocycles. The van der Waals surface area contributed by atoms with E-state index in [9.17, 15) is 14.0 Å². The Morgan fingerprint density at radius 1 is 1.50 bits per heavy atom. The van der Waals surface area contributed by atoms with E-state index in [2.05, 4.69) is 10.3 Å². The van der Waals surface area contributed by atoms with Crippen molar-refractivity contribution in [2.75, 3.05) is 6.54 Å². The SMILES string of the molecule is CC(CCCNC(=O)c1cccc(F)n1)C(=O)O. The summed E-state index contributed by atoms with van der Waals surface area (Å²) in [6.07, 6.45) is 1.03. The van der Waals surface area contributed by atoms with Crippen LogP contribution >= 0.6 is 0 Å². The molecule has 0 radical (unpaired) electrons. The summed E-state index contributed by atoms with van der Waals surface area (Å²) in [6, 6.07) is 3.98. The van der Waals surface area contributed by atoms with Crippen molar-refractivity contribution in [3.63, 3.8) is 0 Å². The van der Waals surface area contributed by atoms with Crippen LogP contribution in [0.4, 0.5) is 4.39 Å². The first-order valence-electron chi connectivity index (χ1n) is 5.64. The molecule has 1 rings (SSSR count). The third-order valence-corrected chi connectivity index (χ3v) is 2.47. The van der Waals surface area contributed by atoms with Crippen LogP contribution in [0.2, 0.25) is 0 Å². The van der Waals surface area contributed by atoms with Gasteiger partial charge in [0.15, 0.2) is 0 Å². The van der Waals surface area contributed by atoms with Gasteiger partial charge in [-0.1, -0.05) is 13.0 Å². The molecule has 0 aliphatic heterocycles. The van der Waals surface area contributed by atoms with Gasteiger partial charge in [0.1, 0.15) is 5.69 Å². The highest BCUT2D eigenvalue weighted by Crippen LogP contribution is 2.04. The maximum atomic E-state index is 12.8. The van der Waals surface area contributed by atoms with Gasteiger partial charge < -0.3 is 10.4 Å². The van der Waals surface area contributed by atoms with E-state index in [0.717, 1.165) is 6.07 Å². The van der Waals surface area contributed by atoms with Gasteiger partial charge in [-0.05, 0) is 25.0 Å². The van der Waals surface area contributed by atoms with Gasteiger partial charge in [-0.2, -0.15) is 4.39 Å². The number of hydrogen-bond donors (Lipinski definition) is 2. The Kier molecular flexibility index (Phi) is 5.23. The molecule has 0 saturated heterocycles. The molecule has 0 aliphatic rings. The zero-order chi connectivity index (χ0) is 13.5. The van der Waals surface area contributed by atoms with Crippen LogP contribution in [0.15, 0.2) is 18.2 Å². The van der Waals surface area contributed by atoms with Gasteiger partial charge in [0.05, 0.1) is 5.92 Å². The van der Waals surface area contributed by atoms with Crippen molar-refractivity contribution in [3.05, 3.63) is 29.8 Å². The summed E-state index contributed by atoms with van der Waals surface area (Å²) in [4.78, 5) is 25.5. The monoisotopic (exact) mass is 254 g/mol. The number of amides is 1. The highest BCUT2D eigenvalue weighted by atomic mass is 19.1. The van der Waals surface area contributed by atoms with E-state index in [4.69, 9.17) is 5.11 Å². The number of nitrogens with one attached hydrogen (secondary N) is 1. The van der Waals surface area contributed by atoms with Crippen molar-refractivity contribution in [1.29, 1.82) is 0 Å². The van der Waals surface area contributed by atoms with Gasteiger partial charge in [0, 0.05) is 6.54 Å². The molecule has 0 bridgehead atoms. The van der Waals surface area contributed by atoms with E-state index in [-0.39, 0.29) is 5.69 Å². The Bertz CT molecular complexity index is 437. The molecular weight excluding hydrogens is 239 g/mol. The van der Waals surface area contributed by atoms with Crippen molar-refractivity contribution in [1.82, 2.24) is 10.3 Å². The number of aromatic nitrogens is 1. The quantitative estimate of drug-likeness (QED) is 0.595. The molecule has 1 unspecified atom stereocenters. The highest BCUT2D eigenvalue weighted by molar-refractivity contribution is 5.92. The number of halogens is 1. The van der Waals surface area contributed by atoms with E-state index in [1.165, 1.54) is 12.1 Å². The highest BCUT2D eigenvalue weighted by Gasteiger charge is 2.11. The van der Waals surface area contributed by atoms with Crippen LogP contribution in [0.5, 0.6) is 0 Å². The van der Waals surface area contributed by atoms with E-state index >= 15 is 0 Å². The van der Waals surface area contributed by atoms with Crippen LogP contribution in [0, 0.1) is 11.9 Å². The van der Waals surface area contributed by atoms with E-state index < -0.39 is 23.7 Å². The predicted octanol–water partition coefficient (Wildman–Crippen LogP) is 1.45. The van der Waals surface area contributed by atoms with E-state index in [0.29, 0.717) is 19.4 Å². The summed E-state index contributed by atoms with van der Waals surface area (Å²) in [5, 5.41) is 11.2. The van der Waals surface area contributed by atoms with Crippen molar-refractivity contribution in [2.45, 2.75) is 19.8 Å². The number of aliphatic carboxylic acids is 1. The number of carbonyl (C=O) groups is 2. The van der Waals surface area contributed by atoms with Crippen molar-refractivity contribution < 1.29 is 19.1 Å². The average molecular weight is 254 g/mol. The van der Waals surface area contributed by atoms with Gasteiger partial charge in [0.25, 0.3) is 5.91 Å². The Morgan fingerprint density at radius 3 is 2.83 bits per heavy atom. The summed E-state index contributed by atoms with van der Waals surface area (Å²) in [7, 11) is 0. The summed E-state index contributed by atoms with van der Waals surface area (Å²) < 4.78 is 12.8. The fourth-order valence-corrected chi connectivity index (χ4v) is 1.36. The number of carboxylic acid groups (broad SMARTS) is 1. The maximum Gasteiger partial charge on any atom is 0.306 e. The lowest BCUT2D eigenvalue weighted by Gasteiger charge is -2.07. The maximum absolute atomic E-state index is 12.8. The summed E-state index contributed by atoms with van der Waals surface area (Å²) in [5.41, 5.74) is 0.0151. The van der Waals surface area contributed by atoms with Crippen LogP contribution in [0.25, 0.3) is 0 Å². The Balaban J connectivity index is 2.32. The standard InChI is InChI=1S/C12H15FN2O3/c1-8(12(17)18)4-3-7-14-11(16)9-5-2-6-10(13)15-9/h2,5-6,8H,3-4,7H2,1H3,(H,14,16)(H,17,18). The second-order valence-electron chi connectivity index (χ2n) is 3.98. The summed E-state index contributed by atoms with van der Waals surface area (Å²) in [6.45, 7) is 1.95. The molecule has 98 valence electrons. The molecule has 1 amide bonds. The Morgan fingerprint density at radius 2 is 2.22 bits per heavy atom. The molecule has 2 N–H and O–H groups in total. The number of hydrogen-bond acceptors (Lipinski definition) is 3. The fraction of sp³-hybridized carbons (Fsp3) is 0.417. The number of nitrogens with zero attached hydrogens (tertiary/aromatic N) is 1.